The van der Waals surface area contributed by atoms with Gasteiger partial charge >= 0.3 is 0 Å². The van der Waals surface area contributed by atoms with Gasteiger partial charge in [0.2, 0.25) is 0 Å². The molecule has 1 aromatic heterocycles. The summed E-state index contributed by atoms with van der Waals surface area (Å²) in [6.45, 7) is 0. The van der Waals surface area contributed by atoms with Crippen LogP contribution in [0.3, 0.4) is 0 Å². The van der Waals surface area contributed by atoms with Gasteiger partial charge in [-0.3, -0.25) is 4.79 Å². The zero-order valence-corrected chi connectivity index (χ0v) is 15.1. The number of benzene rings is 2. The molecule has 0 saturated carbocycles. The number of aryl methyl sites for hydroxylation is 1. The van der Waals surface area contributed by atoms with Crippen molar-refractivity contribution in [2.24, 2.45) is 7.05 Å². The van der Waals surface area contributed by atoms with Crippen molar-refractivity contribution in [1.29, 1.82) is 0 Å². The van der Waals surface area contributed by atoms with Crippen LogP contribution in [0.2, 0.25) is 0 Å². The molecule has 4 heteroatoms. The number of pyridine rings is 1. The standard InChI is InChI=1S/C18H13Br2NO/c1-21-10-16(12-4-2-6-14(19)8-12)18(22)17(11-21)13-5-3-7-15(20)9-13/h2-11H,1H3. The number of rotatable bonds is 2. The highest BCUT2D eigenvalue weighted by atomic mass is 79.9. The maximum atomic E-state index is 12.9. The second-order valence-electron chi connectivity index (χ2n) is 5.10. The third-order valence-electron chi connectivity index (χ3n) is 3.43. The van der Waals surface area contributed by atoms with Gasteiger partial charge in [-0.05, 0) is 35.4 Å². The average Bonchev–Trinajstić information content (AvgIpc) is 2.49. The van der Waals surface area contributed by atoms with E-state index in [1.807, 2.05) is 72.5 Å². The molecule has 0 bridgehead atoms. The molecular weight excluding hydrogens is 406 g/mol. The minimum absolute atomic E-state index is 0.0364. The monoisotopic (exact) mass is 417 g/mol. The van der Waals surface area contributed by atoms with Crippen LogP contribution in [0.5, 0.6) is 0 Å². The van der Waals surface area contributed by atoms with E-state index >= 15 is 0 Å². The third-order valence-corrected chi connectivity index (χ3v) is 4.41. The van der Waals surface area contributed by atoms with Crippen LogP contribution in [0, 0.1) is 0 Å². The smallest absolute Gasteiger partial charge is 0.197 e. The van der Waals surface area contributed by atoms with E-state index in [0.29, 0.717) is 11.1 Å². The molecule has 1 heterocycles. The average molecular weight is 419 g/mol. The largest absolute Gasteiger partial charge is 0.356 e. The first kappa shape index (κ1) is 15.3. The van der Waals surface area contributed by atoms with Gasteiger partial charge in [0.1, 0.15) is 0 Å². The first-order valence-corrected chi connectivity index (χ1v) is 8.35. The summed E-state index contributed by atoms with van der Waals surface area (Å²) in [7, 11) is 1.93. The Hall–Kier alpha value is -1.65. The minimum Gasteiger partial charge on any atom is -0.356 e. The molecular formula is C18H13Br2NO. The summed E-state index contributed by atoms with van der Waals surface area (Å²) < 4.78 is 3.84. The number of halogens is 2. The summed E-state index contributed by atoms with van der Waals surface area (Å²) in [4.78, 5) is 12.9. The number of hydrogen-bond donors (Lipinski definition) is 0. The first-order valence-electron chi connectivity index (χ1n) is 6.77. The quantitative estimate of drug-likeness (QED) is 0.557. The van der Waals surface area contributed by atoms with Crippen LogP contribution in [-0.2, 0) is 7.05 Å². The Labute approximate surface area is 145 Å². The van der Waals surface area contributed by atoms with Crippen molar-refractivity contribution < 1.29 is 0 Å². The lowest BCUT2D eigenvalue weighted by Crippen LogP contribution is -2.11. The summed E-state index contributed by atoms with van der Waals surface area (Å²) in [6.07, 6.45) is 3.73. The highest BCUT2D eigenvalue weighted by Crippen LogP contribution is 2.24. The van der Waals surface area contributed by atoms with Crippen LogP contribution in [-0.4, -0.2) is 4.57 Å². The van der Waals surface area contributed by atoms with E-state index < -0.39 is 0 Å². The Morgan fingerprint density at radius 3 is 1.68 bits per heavy atom. The van der Waals surface area contributed by atoms with E-state index in [1.165, 1.54) is 0 Å². The molecule has 0 atom stereocenters. The molecule has 3 rings (SSSR count). The van der Waals surface area contributed by atoms with Crippen molar-refractivity contribution in [3.63, 3.8) is 0 Å². The van der Waals surface area contributed by atoms with Crippen LogP contribution < -0.4 is 5.43 Å². The summed E-state index contributed by atoms with van der Waals surface area (Å²) >= 11 is 6.92. The van der Waals surface area contributed by atoms with Crippen molar-refractivity contribution >= 4 is 31.9 Å². The van der Waals surface area contributed by atoms with E-state index in [4.69, 9.17) is 0 Å². The van der Waals surface area contributed by atoms with Crippen molar-refractivity contribution in [2.45, 2.75) is 0 Å². The normalized spacial score (nSPS) is 10.7. The van der Waals surface area contributed by atoms with Crippen molar-refractivity contribution in [3.8, 4) is 22.3 Å². The lowest BCUT2D eigenvalue weighted by atomic mass is 10.0. The Bertz CT molecular complexity index is 830. The maximum absolute atomic E-state index is 12.9. The van der Waals surface area contributed by atoms with Crippen molar-refractivity contribution in [1.82, 2.24) is 4.57 Å². The predicted molar refractivity (Wildman–Crippen MR) is 98.0 cm³/mol. The van der Waals surface area contributed by atoms with E-state index in [9.17, 15) is 4.79 Å². The maximum Gasteiger partial charge on any atom is 0.197 e. The fourth-order valence-electron chi connectivity index (χ4n) is 2.43. The molecule has 22 heavy (non-hydrogen) atoms. The number of aromatic nitrogens is 1. The Morgan fingerprint density at radius 1 is 0.818 bits per heavy atom. The van der Waals surface area contributed by atoms with Crippen molar-refractivity contribution in [2.75, 3.05) is 0 Å². The molecule has 0 fully saturated rings. The van der Waals surface area contributed by atoms with Gasteiger partial charge < -0.3 is 4.57 Å². The van der Waals surface area contributed by atoms with Crippen LogP contribution in [0.1, 0.15) is 0 Å². The highest BCUT2D eigenvalue weighted by Gasteiger charge is 2.11. The van der Waals surface area contributed by atoms with E-state index in [2.05, 4.69) is 31.9 Å². The van der Waals surface area contributed by atoms with Gasteiger partial charge in [0, 0.05) is 39.5 Å². The third kappa shape index (κ3) is 3.08. The predicted octanol–water partition coefficient (Wildman–Crippen LogP) is 5.24. The molecule has 2 aromatic carbocycles. The van der Waals surface area contributed by atoms with Gasteiger partial charge in [0.15, 0.2) is 5.43 Å². The summed E-state index contributed by atoms with van der Waals surface area (Å²) in [5, 5.41) is 0. The Kier molecular flexibility index (Phi) is 4.32. The van der Waals surface area contributed by atoms with Crippen LogP contribution in [0.25, 0.3) is 22.3 Å². The van der Waals surface area contributed by atoms with Crippen LogP contribution >= 0.6 is 31.9 Å². The fourth-order valence-corrected chi connectivity index (χ4v) is 3.23. The molecule has 0 aliphatic carbocycles. The lowest BCUT2D eigenvalue weighted by Gasteiger charge is -2.09. The first-order chi connectivity index (χ1) is 10.5. The molecule has 0 radical (unpaired) electrons. The molecule has 0 aliphatic heterocycles. The van der Waals surface area contributed by atoms with E-state index in [1.54, 1.807) is 0 Å². The highest BCUT2D eigenvalue weighted by molar-refractivity contribution is 9.10. The molecule has 2 nitrogen and oxygen atoms in total. The molecule has 0 spiro atoms. The van der Waals surface area contributed by atoms with Gasteiger partial charge in [-0.2, -0.15) is 0 Å². The van der Waals surface area contributed by atoms with Gasteiger partial charge in [-0.1, -0.05) is 56.1 Å². The lowest BCUT2D eigenvalue weighted by molar-refractivity contribution is 0.904. The summed E-state index contributed by atoms with van der Waals surface area (Å²) in [5.74, 6) is 0. The van der Waals surface area contributed by atoms with Gasteiger partial charge in [0.25, 0.3) is 0 Å². The fraction of sp³-hybridized carbons (Fsp3) is 0.0556. The number of hydrogen-bond acceptors (Lipinski definition) is 1. The summed E-state index contributed by atoms with van der Waals surface area (Å²) in [5.41, 5.74) is 3.25. The SMILES string of the molecule is Cn1cc(-c2cccc(Br)c2)c(=O)c(-c2cccc(Br)c2)c1. The second kappa shape index (κ2) is 6.23. The van der Waals surface area contributed by atoms with Crippen LogP contribution in [0.15, 0.2) is 74.7 Å². The topological polar surface area (TPSA) is 22.0 Å². The van der Waals surface area contributed by atoms with Gasteiger partial charge in [-0.15, -0.1) is 0 Å². The summed E-state index contributed by atoms with van der Waals surface area (Å²) in [6, 6.07) is 15.6. The van der Waals surface area contributed by atoms with Crippen LogP contribution in [0.4, 0.5) is 0 Å². The Morgan fingerprint density at radius 2 is 1.27 bits per heavy atom. The second-order valence-corrected chi connectivity index (χ2v) is 6.93. The number of nitrogens with zero attached hydrogens (tertiary/aromatic N) is 1. The zero-order valence-electron chi connectivity index (χ0n) is 11.9. The van der Waals surface area contributed by atoms with Crippen molar-refractivity contribution in [3.05, 3.63) is 80.1 Å². The Balaban J connectivity index is 2.24. The molecule has 0 amide bonds. The molecule has 110 valence electrons. The molecule has 0 saturated heterocycles. The minimum atomic E-state index is 0.0364. The zero-order chi connectivity index (χ0) is 15.7. The molecule has 3 aromatic rings. The van der Waals surface area contributed by atoms with E-state index in [-0.39, 0.29) is 5.43 Å². The van der Waals surface area contributed by atoms with Gasteiger partial charge in [0.05, 0.1) is 0 Å². The van der Waals surface area contributed by atoms with Gasteiger partial charge in [-0.25, -0.2) is 0 Å². The molecule has 0 N–H and O–H groups in total. The van der Waals surface area contributed by atoms with E-state index in [0.717, 1.165) is 20.1 Å². The molecule has 0 aliphatic rings. The molecule has 0 unspecified atom stereocenters.